The monoisotopic (exact) mass is 208 g/mol. The van der Waals surface area contributed by atoms with E-state index in [1.54, 1.807) is 0 Å². The zero-order chi connectivity index (χ0) is 11.4. The molecule has 1 rings (SSSR count). The summed E-state index contributed by atoms with van der Waals surface area (Å²) in [5.41, 5.74) is 4.39. The number of para-hydroxylation sites is 1. The van der Waals surface area contributed by atoms with Crippen LogP contribution in [0.25, 0.3) is 0 Å². The van der Waals surface area contributed by atoms with Crippen molar-refractivity contribution >= 4 is 6.34 Å². The highest BCUT2D eigenvalue weighted by Crippen LogP contribution is 2.08. The SMILES string of the molecule is CCCCCOc1ccccc1.N=CN. The number of nitrogens with two attached hydrogens (primary N) is 1. The summed E-state index contributed by atoms with van der Waals surface area (Å²) in [6.45, 7) is 3.04. The van der Waals surface area contributed by atoms with Crippen molar-refractivity contribution in [3.05, 3.63) is 30.3 Å². The highest BCUT2D eigenvalue weighted by Gasteiger charge is 1.89. The van der Waals surface area contributed by atoms with Crippen molar-refractivity contribution in [1.82, 2.24) is 0 Å². The van der Waals surface area contributed by atoms with E-state index in [0.29, 0.717) is 0 Å². The summed E-state index contributed by atoms with van der Waals surface area (Å²) in [5, 5.41) is 5.86. The summed E-state index contributed by atoms with van der Waals surface area (Å²) in [6.07, 6.45) is 4.41. The molecule has 15 heavy (non-hydrogen) atoms. The fourth-order valence-corrected chi connectivity index (χ4v) is 1.06. The first-order valence-corrected chi connectivity index (χ1v) is 5.23. The van der Waals surface area contributed by atoms with Crippen LogP contribution in [0.15, 0.2) is 30.3 Å². The average Bonchev–Trinajstić information content (AvgIpc) is 2.27. The molecular weight excluding hydrogens is 188 g/mol. The third kappa shape index (κ3) is 8.81. The topological polar surface area (TPSA) is 59.1 Å². The van der Waals surface area contributed by atoms with E-state index in [4.69, 9.17) is 10.1 Å². The second-order valence-electron chi connectivity index (χ2n) is 3.04. The molecule has 0 aromatic heterocycles. The van der Waals surface area contributed by atoms with Crippen molar-refractivity contribution in [3.63, 3.8) is 0 Å². The maximum Gasteiger partial charge on any atom is 0.119 e. The first-order valence-electron chi connectivity index (χ1n) is 5.23. The Bertz CT molecular complexity index is 237. The molecule has 0 saturated heterocycles. The van der Waals surface area contributed by atoms with Crippen LogP contribution in [-0.4, -0.2) is 12.9 Å². The van der Waals surface area contributed by atoms with E-state index >= 15 is 0 Å². The molecule has 0 aliphatic heterocycles. The summed E-state index contributed by atoms with van der Waals surface area (Å²) in [5.74, 6) is 0.980. The molecule has 1 aromatic carbocycles. The van der Waals surface area contributed by atoms with Crippen molar-refractivity contribution in [2.75, 3.05) is 6.61 Å². The molecule has 0 spiro atoms. The Labute approximate surface area is 91.8 Å². The zero-order valence-electron chi connectivity index (χ0n) is 9.28. The van der Waals surface area contributed by atoms with Gasteiger partial charge in [0, 0.05) is 0 Å². The lowest BCUT2D eigenvalue weighted by atomic mass is 10.3. The molecule has 1 aromatic rings. The van der Waals surface area contributed by atoms with Crippen LogP contribution < -0.4 is 10.5 Å². The Hall–Kier alpha value is -1.51. The minimum atomic E-state index is 0.750. The van der Waals surface area contributed by atoms with Crippen LogP contribution >= 0.6 is 0 Å². The maximum atomic E-state index is 5.86. The summed E-state index contributed by atoms with van der Waals surface area (Å²) in [4.78, 5) is 0. The van der Waals surface area contributed by atoms with E-state index < -0.39 is 0 Å². The normalized spacial score (nSPS) is 8.60. The Kier molecular flexibility index (Phi) is 9.51. The molecule has 0 radical (unpaired) electrons. The van der Waals surface area contributed by atoms with E-state index in [0.717, 1.165) is 25.1 Å². The fraction of sp³-hybridized carbons (Fsp3) is 0.417. The van der Waals surface area contributed by atoms with Crippen LogP contribution in [0.2, 0.25) is 0 Å². The molecule has 0 heterocycles. The lowest BCUT2D eigenvalue weighted by molar-refractivity contribution is 0.306. The number of rotatable bonds is 5. The number of ether oxygens (including phenoxy) is 1. The van der Waals surface area contributed by atoms with Gasteiger partial charge in [-0.3, -0.25) is 5.41 Å². The molecule has 84 valence electrons. The van der Waals surface area contributed by atoms with Gasteiger partial charge >= 0.3 is 0 Å². The van der Waals surface area contributed by atoms with Gasteiger partial charge in [0.05, 0.1) is 12.9 Å². The van der Waals surface area contributed by atoms with Crippen molar-refractivity contribution in [2.24, 2.45) is 5.73 Å². The molecule has 3 nitrogen and oxygen atoms in total. The van der Waals surface area contributed by atoms with Crippen molar-refractivity contribution in [2.45, 2.75) is 26.2 Å². The molecular formula is C12H20N2O. The quantitative estimate of drug-likeness (QED) is 0.444. The van der Waals surface area contributed by atoms with Gasteiger partial charge in [0.25, 0.3) is 0 Å². The van der Waals surface area contributed by atoms with Crippen LogP contribution in [-0.2, 0) is 0 Å². The highest BCUT2D eigenvalue weighted by molar-refractivity contribution is 5.46. The van der Waals surface area contributed by atoms with Gasteiger partial charge in [0.15, 0.2) is 0 Å². The summed E-state index contributed by atoms with van der Waals surface area (Å²) in [6, 6.07) is 9.97. The smallest absolute Gasteiger partial charge is 0.119 e. The fourth-order valence-electron chi connectivity index (χ4n) is 1.06. The van der Waals surface area contributed by atoms with Gasteiger partial charge in [-0.25, -0.2) is 0 Å². The number of unbranched alkanes of at least 4 members (excludes halogenated alkanes) is 2. The summed E-state index contributed by atoms with van der Waals surface area (Å²) < 4.78 is 5.51. The average molecular weight is 208 g/mol. The Balaban J connectivity index is 0.000000583. The van der Waals surface area contributed by atoms with Crippen molar-refractivity contribution in [1.29, 1.82) is 5.41 Å². The van der Waals surface area contributed by atoms with Gasteiger partial charge in [-0.15, -0.1) is 0 Å². The minimum Gasteiger partial charge on any atom is -0.494 e. The second-order valence-corrected chi connectivity index (χ2v) is 3.04. The molecule has 3 heteroatoms. The predicted octanol–water partition coefficient (Wildman–Crippen LogP) is 2.81. The third-order valence-electron chi connectivity index (χ3n) is 1.76. The Morgan fingerprint density at radius 3 is 2.40 bits per heavy atom. The van der Waals surface area contributed by atoms with Crippen LogP contribution in [0.5, 0.6) is 5.75 Å². The second kappa shape index (κ2) is 10.6. The van der Waals surface area contributed by atoms with E-state index in [2.05, 4.69) is 12.7 Å². The summed E-state index contributed by atoms with van der Waals surface area (Å²) in [7, 11) is 0. The van der Waals surface area contributed by atoms with Gasteiger partial charge in [-0.05, 0) is 18.6 Å². The maximum absolute atomic E-state index is 5.86. The molecule has 0 bridgehead atoms. The first kappa shape index (κ1) is 13.5. The van der Waals surface area contributed by atoms with E-state index in [1.165, 1.54) is 12.8 Å². The number of benzene rings is 1. The van der Waals surface area contributed by atoms with Gasteiger partial charge in [-0.2, -0.15) is 0 Å². The first-order chi connectivity index (χ1) is 7.35. The molecule has 0 saturated carbocycles. The van der Waals surface area contributed by atoms with E-state index in [-0.39, 0.29) is 0 Å². The number of hydrogen-bond acceptors (Lipinski definition) is 2. The molecule has 0 aliphatic rings. The third-order valence-corrected chi connectivity index (χ3v) is 1.76. The molecule has 3 N–H and O–H groups in total. The Morgan fingerprint density at radius 2 is 1.87 bits per heavy atom. The lowest BCUT2D eigenvalue weighted by Gasteiger charge is -2.04. The summed E-state index contributed by atoms with van der Waals surface area (Å²) >= 11 is 0. The van der Waals surface area contributed by atoms with Crippen molar-refractivity contribution in [3.8, 4) is 5.75 Å². The van der Waals surface area contributed by atoms with Crippen LogP contribution in [0.4, 0.5) is 0 Å². The van der Waals surface area contributed by atoms with Gasteiger partial charge in [0.1, 0.15) is 5.75 Å². The number of nitrogens with one attached hydrogen (secondary N) is 1. The van der Waals surface area contributed by atoms with E-state index in [1.807, 2.05) is 30.3 Å². The van der Waals surface area contributed by atoms with Crippen LogP contribution in [0, 0.1) is 5.41 Å². The molecule has 0 fully saturated rings. The minimum absolute atomic E-state index is 0.750. The van der Waals surface area contributed by atoms with Gasteiger partial charge in [0.2, 0.25) is 0 Å². The molecule has 0 unspecified atom stereocenters. The molecule has 0 amide bonds. The zero-order valence-corrected chi connectivity index (χ0v) is 9.28. The predicted molar refractivity (Wildman–Crippen MR) is 64.4 cm³/mol. The van der Waals surface area contributed by atoms with E-state index in [9.17, 15) is 0 Å². The lowest BCUT2D eigenvalue weighted by Crippen LogP contribution is -1.96. The van der Waals surface area contributed by atoms with Crippen LogP contribution in [0.1, 0.15) is 26.2 Å². The molecule has 0 atom stereocenters. The molecule has 0 aliphatic carbocycles. The Morgan fingerprint density at radius 1 is 1.27 bits per heavy atom. The van der Waals surface area contributed by atoms with Crippen molar-refractivity contribution < 1.29 is 4.74 Å². The van der Waals surface area contributed by atoms with Gasteiger partial charge < -0.3 is 10.5 Å². The largest absolute Gasteiger partial charge is 0.494 e. The van der Waals surface area contributed by atoms with Crippen LogP contribution in [0.3, 0.4) is 0 Å². The highest BCUT2D eigenvalue weighted by atomic mass is 16.5. The standard InChI is InChI=1S/C11H16O.CH4N2/c1-2-3-7-10-12-11-8-5-4-6-9-11;2-1-3/h4-6,8-9H,2-3,7,10H2,1H3;1H,(H3,2,3). The van der Waals surface area contributed by atoms with Gasteiger partial charge in [-0.1, -0.05) is 38.0 Å². The number of hydrogen-bond donors (Lipinski definition) is 2.